The molecule has 24 heavy (non-hydrogen) atoms. The highest BCUT2D eigenvalue weighted by Gasteiger charge is 2.10. The number of hydrogen-bond donors (Lipinski definition) is 0. The molecule has 7 heteroatoms. The number of fused-ring (bicyclic) bond motifs is 1. The summed E-state index contributed by atoms with van der Waals surface area (Å²) >= 11 is 3.01. The van der Waals surface area contributed by atoms with Gasteiger partial charge in [0.15, 0.2) is 5.16 Å². The van der Waals surface area contributed by atoms with Crippen LogP contribution in [-0.2, 0) is 12.8 Å². The van der Waals surface area contributed by atoms with Crippen molar-refractivity contribution >= 4 is 33.3 Å². The molecule has 0 aliphatic carbocycles. The third-order valence-corrected chi connectivity index (χ3v) is 5.71. The van der Waals surface area contributed by atoms with E-state index < -0.39 is 0 Å². The van der Waals surface area contributed by atoms with Crippen molar-refractivity contribution in [2.24, 2.45) is 7.05 Å². The van der Waals surface area contributed by atoms with Crippen molar-refractivity contribution in [1.82, 2.24) is 19.3 Å². The molecule has 3 heterocycles. The monoisotopic (exact) mass is 354 g/mol. The van der Waals surface area contributed by atoms with Gasteiger partial charge in [0.1, 0.15) is 4.70 Å². The molecule has 0 aliphatic rings. The van der Waals surface area contributed by atoms with E-state index in [2.05, 4.69) is 22.2 Å². The van der Waals surface area contributed by atoms with Gasteiger partial charge in [0.25, 0.3) is 5.56 Å². The van der Waals surface area contributed by atoms with Crippen LogP contribution < -0.4 is 5.56 Å². The van der Waals surface area contributed by atoms with Crippen molar-refractivity contribution in [2.75, 3.05) is 0 Å². The summed E-state index contributed by atoms with van der Waals surface area (Å²) in [6, 6.07) is 12.0. The molecule has 0 spiro atoms. The first kappa shape index (κ1) is 15.2. The Morgan fingerprint density at radius 3 is 2.79 bits per heavy atom. The summed E-state index contributed by atoms with van der Waals surface area (Å²) in [5.41, 5.74) is 3.00. The molecule has 0 radical (unpaired) electrons. The second-order valence-corrected chi connectivity index (χ2v) is 7.16. The molecule has 0 saturated carbocycles. The molecule has 0 aliphatic heterocycles. The fourth-order valence-corrected chi connectivity index (χ4v) is 4.14. The van der Waals surface area contributed by atoms with Gasteiger partial charge in [0.05, 0.1) is 11.2 Å². The number of aromatic nitrogens is 4. The van der Waals surface area contributed by atoms with Gasteiger partial charge in [-0.25, -0.2) is 9.67 Å². The Labute approximate surface area is 146 Å². The highest BCUT2D eigenvalue weighted by Crippen LogP contribution is 2.23. The molecule has 0 N–H and O–H groups in total. The van der Waals surface area contributed by atoms with Crippen molar-refractivity contribution in [1.29, 1.82) is 0 Å². The molecule has 0 atom stereocenters. The summed E-state index contributed by atoms with van der Waals surface area (Å²) in [5, 5.41) is 6.86. The molecular formula is C17H14N4OS2. The predicted octanol–water partition coefficient (Wildman–Crippen LogP) is 3.47. The number of benzene rings is 1. The molecular weight excluding hydrogens is 340 g/mol. The Morgan fingerprint density at radius 2 is 2.04 bits per heavy atom. The van der Waals surface area contributed by atoms with E-state index in [-0.39, 0.29) is 5.56 Å². The van der Waals surface area contributed by atoms with Gasteiger partial charge in [-0.2, -0.15) is 5.10 Å². The van der Waals surface area contributed by atoms with Gasteiger partial charge in [0.2, 0.25) is 0 Å². The smallest absolute Gasteiger partial charge is 0.271 e. The zero-order valence-corrected chi connectivity index (χ0v) is 14.5. The second kappa shape index (κ2) is 6.26. The van der Waals surface area contributed by atoms with Gasteiger partial charge in [-0.05, 0) is 35.2 Å². The summed E-state index contributed by atoms with van der Waals surface area (Å²) in [6.07, 6.45) is 3.68. The van der Waals surface area contributed by atoms with E-state index in [4.69, 9.17) is 0 Å². The van der Waals surface area contributed by atoms with Gasteiger partial charge in [-0.3, -0.25) is 9.36 Å². The SMILES string of the molecule is Cn1c(SCc2ccc(-n3cccn3)cc2)nc2ccsc2c1=O. The Hall–Kier alpha value is -2.38. The lowest BCUT2D eigenvalue weighted by Gasteiger charge is -2.08. The first-order chi connectivity index (χ1) is 11.7. The fraction of sp³-hybridized carbons (Fsp3) is 0.118. The van der Waals surface area contributed by atoms with Crippen LogP contribution in [0.5, 0.6) is 0 Å². The van der Waals surface area contributed by atoms with E-state index in [1.807, 2.05) is 40.5 Å². The lowest BCUT2D eigenvalue weighted by Crippen LogP contribution is -2.18. The first-order valence-electron chi connectivity index (χ1n) is 7.38. The van der Waals surface area contributed by atoms with Gasteiger partial charge in [0, 0.05) is 25.2 Å². The summed E-state index contributed by atoms with van der Waals surface area (Å²) in [7, 11) is 1.78. The maximum atomic E-state index is 12.3. The number of hydrogen-bond acceptors (Lipinski definition) is 5. The van der Waals surface area contributed by atoms with Crippen LogP contribution in [0.1, 0.15) is 5.56 Å². The van der Waals surface area contributed by atoms with Gasteiger partial charge in [-0.1, -0.05) is 23.9 Å². The molecule has 0 fully saturated rings. The zero-order valence-electron chi connectivity index (χ0n) is 12.9. The van der Waals surface area contributed by atoms with E-state index in [9.17, 15) is 4.79 Å². The van der Waals surface area contributed by atoms with Crippen molar-refractivity contribution in [2.45, 2.75) is 10.9 Å². The maximum Gasteiger partial charge on any atom is 0.271 e. The summed E-state index contributed by atoms with van der Waals surface area (Å²) in [5.74, 6) is 0.759. The third-order valence-electron chi connectivity index (χ3n) is 3.72. The topological polar surface area (TPSA) is 52.7 Å². The third kappa shape index (κ3) is 2.76. The molecule has 3 aromatic heterocycles. The van der Waals surface area contributed by atoms with E-state index in [0.29, 0.717) is 4.70 Å². The molecule has 0 bridgehead atoms. The van der Waals surface area contributed by atoms with Crippen LogP contribution in [0, 0.1) is 0 Å². The normalized spacial score (nSPS) is 11.2. The van der Waals surface area contributed by atoms with Crippen molar-refractivity contribution < 1.29 is 0 Å². The molecule has 0 amide bonds. The minimum absolute atomic E-state index is 0.0199. The molecule has 1 aromatic carbocycles. The Morgan fingerprint density at radius 1 is 1.21 bits per heavy atom. The predicted molar refractivity (Wildman–Crippen MR) is 98.0 cm³/mol. The highest BCUT2D eigenvalue weighted by atomic mass is 32.2. The summed E-state index contributed by atoms with van der Waals surface area (Å²) < 4.78 is 4.17. The minimum Gasteiger partial charge on any atom is -0.290 e. The average molecular weight is 354 g/mol. The molecule has 0 unspecified atom stereocenters. The Balaban J connectivity index is 1.55. The van der Waals surface area contributed by atoms with E-state index in [1.54, 1.807) is 29.6 Å². The van der Waals surface area contributed by atoms with E-state index in [0.717, 1.165) is 22.1 Å². The summed E-state index contributed by atoms with van der Waals surface area (Å²) in [4.78, 5) is 16.9. The van der Waals surface area contributed by atoms with Crippen LogP contribution in [0.3, 0.4) is 0 Å². The zero-order chi connectivity index (χ0) is 16.5. The van der Waals surface area contributed by atoms with Gasteiger partial charge >= 0.3 is 0 Å². The average Bonchev–Trinajstić information content (AvgIpc) is 3.29. The van der Waals surface area contributed by atoms with Crippen LogP contribution in [0.2, 0.25) is 0 Å². The van der Waals surface area contributed by atoms with Crippen LogP contribution in [0.15, 0.2) is 64.1 Å². The number of rotatable bonds is 4. The Bertz CT molecular complexity index is 1030. The van der Waals surface area contributed by atoms with Crippen LogP contribution in [0.4, 0.5) is 0 Å². The molecule has 120 valence electrons. The quantitative estimate of drug-likeness (QED) is 0.416. The van der Waals surface area contributed by atoms with Crippen LogP contribution in [-0.4, -0.2) is 19.3 Å². The first-order valence-corrected chi connectivity index (χ1v) is 9.25. The number of thiophene rings is 1. The molecule has 0 saturated heterocycles. The lowest BCUT2D eigenvalue weighted by molar-refractivity contribution is 0.728. The minimum atomic E-state index is 0.0199. The largest absolute Gasteiger partial charge is 0.290 e. The standard InChI is InChI=1S/C17H14N4OS2/c1-20-16(22)15-14(7-10-23-15)19-17(20)24-11-12-3-5-13(6-4-12)21-9-2-8-18-21/h2-10H,11H2,1H3. The number of nitrogens with zero attached hydrogens (tertiary/aromatic N) is 4. The van der Waals surface area contributed by atoms with Crippen LogP contribution >= 0.6 is 23.1 Å². The van der Waals surface area contributed by atoms with E-state index in [1.165, 1.54) is 16.9 Å². The maximum absolute atomic E-state index is 12.3. The van der Waals surface area contributed by atoms with Gasteiger partial charge < -0.3 is 0 Å². The van der Waals surface area contributed by atoms with Crippen molar-refractivity contribution in [3.8, 4) is 5.69 Å². The fourth-order valence-electron chi connectivity index (χ4n) is 2.41. The molecule has 4 rings (SSSR count). The van der Waals surface area contributed by atoms with Gasteiger partial charge in [-0.15, -0.1) is 11.3 Å². The number of thioether (sulfide) groups is 1. The Kier molecular flexibility index (Phi) is 3.95. The molecule has 5 nitrogen and oxygen atoms in total. The van der Waals surface area contributed by atoms with Crippen LogP contribution in [0.25, 0.3) is 15.9 Å². The lowest BCUT2D eigenvalue weighted by atomic mass is 10.2. The van der Waals surface area contributed by atoms with Crippen molar-refractivity contribution in [3.63, 3.8) is 0 Å². The summed E-state index contributed by atoms with van der Waals surface area (Å²) in [6.45, 7) is 0. The highest BCUT2D eigenvalue weighted by molar-refractivity contribution is 7.98. The van der Waals surface area contributed by atoms with E-state index >= 15 is 0 Å². The van der Waals surface area contributed by atoms with Crippen molar-refractivity contribution in [3.05, 3.63) is 70.1 Å². The molecule has 4 aromatic rings. The second-order valence-electron chi connectivity index (χ2n) is 5.30.